The molecule has 1 aromatic rings. The minimum Gasteiger partial charge on any atom is -0.323 e. The Morgan fingerprint density at radius 2 is 1.94 bits per heavy atom. The first-order valence-electron chi connectivity index (χ1n) is 7.17. The highest BCUT2D eigenvalue weighted by Crippen LogP contribution is 2.34. The maximum absolute atomic E-state index is 6.31. The van der Waals surface area contributed by atoms with Gasteiger partial charge in [0.25, 0.3) is 0 Å². The first kappa shape index (κ1) is 12.2. The van der Waals surface area contributed by atoms with E-state index >= 15 is 0 Å². The molecule has 1 aromatic heterocycles. The lowest BCUT2D eigenvalue weighted by atomic mass is 10.1. The van der Waals surface area contributed by atoms with Gasteiger partial charge in [-0.25, -0.2) is 0 Å². The highest BCUT2D eigenvalue weighted by Gasteiger charge is 2.30. The van der Waals surface area contributed by atoms with E-state index in [1.54, 1.807) is 0 Å². The van der Waals surface area contributed by atoms with Gasteiger partial charge in [-0.3, -0.25) is 4.68 Å². The lowest BCUT2D eigenvalue weighted by Gasteiger charge is -2.25. The third-order valence-corrected chi connectivity index (χ3v) is 4.03. The van der Waals surface area contributed by atoms with Crippen molar-refractivity contribution < 1.29 is 0 Å². The van der Waals surface area contributed by atoms with Crippen molar-refractivity contribution in [2.75, 3.05) is 19.6 Å². The average molecular weight is 248 g/mol. The molecule has 1 unspecified atom stereocenters. The van der Waals surface area contributed by atoms with Crippen LogP contribution in [0.25, 0.3) is 0 Å². The molecule has 1 atom stereocenters. The molecule has 0 aromatic carbocycles. The standard InChI is InChI=1S/C14H24N4/c1-17-9-13(6-16-17)14(15)10-18(7-11-2-3-11)8-12-4-5-12/h6,9,11-12,14H,2-5,7-8,10,15H2,1H3. The number of aromatic nitrogens is 2. The second kappa shape index (κ2) is 5.02. The molecule has 1 heterocycles. The van der Waals surface area contributed by atoms with Crippen molar-refractivity contribution in [3.63, 3.8) is 0 Å². The van der Waals surface area contributed by atoms with Crippen LogP contribution in [0.4, 0.5) is 0 Å². The van der Waals surface area contributed by atoms with E-state index in [1.807, 2.05) is 24.1 Å². The Bertz CT molecular complexity index is 378. The van der Waals surface area contributed by atoms with Gasteiger partial charge in [0.15, 0.2) is 0 Å². The number of hydrogen-bond acceptors (Lipinski definition) is 3. The third-order valence-electron chi connectivity index (χ3n) is 4.03. The van der Waals surface area contributed by atoms with Crippen LogP contribution >= 0.6 is 0 Å². The van der Waals surface area contributed by atoms with Crippen LogP contribution in [0.3, 0.4) is 0 Å². The van der Waals surface area contributed by atoms with Crippen molar-refractivity contribution in [2.24, 2.45) is 24.6 Å². The number of rotatable bonds is 7. The molecule has 2 N–H and O–H groups in total. The Morgan fingerprint density at radius 3 is 2.39 bits per heavy atom. The summed E-state index contributed by atoms with van der Waals surface area (Å²) in [6.45, 7) is 3.49. The fourth-order valence-electron chi connectivity index (χ4n) is 2.57. The summed E-state index contributed by atoms with van der Waals surface area (Å²) in [7, 11) is 1.95. The number of hydrogen-bond donors (Lipinski definition) is 1. The van der Waals surface area contributed by atoms with Crippen molar-refractivity contribution in [3.8, 4) is 0 Å². The second-order valence-corrected chi connectivity index (χ2v) is 6.16. The summed E-state index contributed by atoms with van der Waals surface area (Å²) in [6, 6.07) is 0.108. The first-order chi connectivity index (χ1) is 8.70. The zero-order valence-corrected chi connectivity index (χ0v) is 11.3. The predicted molar refractivity (Wildman–Crippen MR) is 72.0 cm³/mol. The molecule has 0 amide bonds. The lowest BCUT2D eigenvalue weighted by molar-refractivity contribution is 0.238. The Balaban J connectivity index is 1.55. The quantitative estimate of drug-likeness (QED) is 0.796. The Kier molecular flexibility index (Phi) is 3.39. The van der Waals surface area contributed by atoms with Gasteiger partial charge in [0.05, 0.1) is 6.20 Å². The van der Waals surface area contributed by atoms with Crippen LogP contribution in [0.5, 0.6) is 0 Å². The third kappa shape index (κ3) is 3.33. The molecule has 18 heavy (non-hydrogen) atoms. The van der Waals surface area contributed by atoms with Gasteiger partial charge in [0.1, 0.15) is 0 Å². The summed E-state index contributed by atoms with van der Waals surface area (Å²) >= 11 is 0. The van der Waals surface area contributed by atoms with Gasteiger partial charge in [-0.15, -0.1) is 0 Å². The van der Waals surface area contributed by atoms with Gasteiger partial charge in [-0.05, 0) is 37.5 Å². The molecule has 0 aliphatic heterocycles. The summed E-state index contributed by atoms with van der Waals surface area (Å²) in [5.41, 5.74) is 7.47. The summed E-state index contributed by atoms with van der Waals surface area (Å²) < 4.78 is 1.83. The largest absolute Gasteiger partial charge is 0.323 e. The zero-order valence-electron chi connectivity index (χ0n) is 11.3. The van der Waals surface area contributed by atoms with Gasteiger partial charge >= 0.3 is 0 Å². The molecule has 0 saturated heterocycles. The van der Waals surface area contributed by atoms with Gasteiger partial charge in [0.2, 0.25) is 0 Å². The molecule has 4 heteroatoms. The average Bonchev–Trinajstić information content (AvgIpc) is 3.23. The summed E-state index contributed by atoms with van der Waals surface area (Å²) in [5.74, 6) is 1.90. The van der Waals surface area contributed by atoms with E-state index in [4.69, 9.17) is 5.73 Å². The zero-order chi connectivity index (χ0) is 12.5. The Hall–Kier alpha value is -0.870. The topological polar surface area (TPSA) is 47.1 Å². The Labute approximate surface area is 109 Å². The van der Waals surface area contributed by atoms with E-state index in [9.17, 15) is 0 Å². The van der Waals surface area contributed by atoms with Crippen LogP contribution in [0.1, 0.15) is 37.3 Å². The van der Waals surface area contributed by atoms with Crippen molar-refractivity contribution in [2.45, 2.75) is 31.7 Å². The predicted octanol–water partition coefficient (Wildman–Crippen LogP) is 1.54. The first-order valence-corrected chi connectivity index (χ1v) is 7.17. The normalized spacial score (nSPS) is 21.5. The van der Waals surface area contributed by atoms with Crippen LogP contribution in [0, 0.1) is 11.8 Å². The van der Waals surface area contributed by atoms with Crippen LogP contribution in [-0.2, 0) is 7.05 Å². The fraction of sp³-hybridized carbons (Fsp3) is 0.786. The Morgan fingerprint density at radius 1 is 1.33 bits per heavy atom. The SMILES string of the molecule is Cn1cc(C(N)CN(CC2CC2)CC2CC2)cn1. The van der Waals surface area contributed by atoms with E-state index < -0.39 is 0 Å². The van der Waals surface area contributed by atoms with Crippen LogP contribution in [0.15, 0.2) is 12.4 Å². The van der Waals surface area contributed by atoms with Crippen LogP contribution < -0.4 is 5.73 Å². The van der Waals surface area contributed by atoms with Gasteiger partial charge in [-0.1, -0.05) is 0 Å². The van der Waals surface area contributed by atoms with Crippen molar-refractivity contribution in [1.29, 1.82) is 0 Å². The maximum atomic E-state index is 6.31. The number of aryl methyl sites for hydroxylation is 1. The number of nitrogens with two attached hydrogens (primary N) is 1. The molecule has 0 bridgehead atoms. The second-order valence-electron chi connectivity index (χ2n) is 6.16. The minimum absolute atomic E-state index is 0.108. The fourth-order valence-corrected chi connectivity index (χ4v) is 2.57. The van der Waals surface area contributed by atoms with E-state index in [2.05, 4.69) is 10.00 Å². The van der Waals surface area contributed by atoms with E-state index in [1.165, 1.54) is 38.8 Å². The molecular formula is C14H24N4. The van der Waals surface area contributed by atoms with E-state index in [0.29, 0.717) is 0 Å². The summed E-state index contributed by atoms with van der Waals surface area (Å²) in [5, 5.41) is 4.21. The lowest BCUT2D eigenvalue weighted by Crippen LogP contribution is -2.35. The molecule has 2 fully saturated rings. The summed E-state index contributed by atoms with van der Waals surface area (Å²) in [6.07, 6.45) is 9.62. The molecule has 0 radical (unpaired) electrons. The smallest absolute Gasteiger partial charge is 0.0537 e. The van der Waals surface area contributed by atoms with Crippen LogP contribution in [0.2, 0.25) is 0 Å². The van der Waals surface area contributed by atoms with Crippen molar-refractivity contribution in [1.82, 2.24) is 14.7 Å². The molecule has 4 nitrogen and oxygen atoms in total. The van der Waals surface area contributed by atoms with Crippen LogP contribution in [-0.4, -0.2) is 34.3 Å². The molecule has 3 rings (SSSR count). The van der Waals surface area contributed by atoms with Gasteiger partial charge in [0, 0.05) is 44.5 Å². The molecule has 2 aliphatic rings. The molecule has 0 spiro atoms. The highest BCUT2D eigenvalue weighted by atomic mass is 15.2. The van der Waals surface area contributed by atoms with Gasteiger partial charge in [-0.2, -0.15) is 5.10 Å². The maximum Gasteiger partial charge on any atom is 0.0537 e. The van der Waals surface area contributed by atoms with Crippen molar-refractivity contribution in [3.05, 3.63) is 18.0 Å². The summed E-state index contributed by atoms with van der Waals surface area (Å²) in [4.78, 5) is 2.59. The molecular weight excluding hydrogens is 224 g/mol. The van der Waals surface area contributed by atoms with E-state index in [-0.39, 0.29) is 6.04 Å². The molecule has 100 valence electrons. The molecule has 2 saturated carbocycles. The molecule has 2 aliphatic carbocycles. The highest BCUT2D eigenvalue weighted by molar-refractivity contribution is 5.10. The van der Waals surface area contributed by atoms with Crippen molar-refractivity contribution >= 4 is 0 Å². The minimum atomic E-state index is 0.108. The number of nitrogens with zero attached hydrogens (tertiary/aromatic N) is 3. The monoisotopic (exact) mass is 248 g/mol. The van der Waals surface area contributed by atoms with Gasteiger partial charge < -0.3 is 10.6 Å². The van der Waals surface area contributed by atoms with E-state index in [0.717, 1.165) is 23.9 Å².